The normalized spacial score (nSPS) is 15.5. The van der Waals surface area contributed by atoms with Gasteiger partial charge in [0.2, 0.25) is 0 Å². The maximum atomic E-state index is 13.1. The van der Waals surface area contributed by atoms with Gasteiger partial charge >= 0.3 is 6.18 Å². The number of carbonyl (C=O) groups excluding carboxylic acids is 1. The molecular formula is C21H22F3N5O3S. The third kappa shape index (κ3) is 5.00. The first-order valence-electron chi connectivity index (χ1n) is 9.92. The van der Waals surface area contributed by atoms with Crippen LogP contribution in [0, 0.1) is 18.3 Å². The fraction of sp³-hybridized carbons (Fsp3) is 0.381. The van der Waals surface area contributed by atoms with Gasteiger partial charge in [0.1, 0.15) is 6.07 Å². The topological polar surface area (TPSA) is 97.6 Å². The number of halogens is 3. The number of hydrogen-bond donors (Lipinski definition) is 0. The maximum Gasteiger partial charge on any atom is 0.416 e. The van der Waals surface area contributed by atoms with Crippen molar-refractivity contribution in [3.05, 3.63) is 52.7 Å². The average molecular weight is 482 g/mol. The summed E-state index contributed by atoms with van der Waals surface area (Å²) in [5, 5.41) is 9.57. The molecule has 0 atom stereocenters. The Kier molecular flexibility index (Phi) is 6.78. The molecule has 176 valence electrons. The van der Waals surface area contributed by atoms with E-state index in [1.807, 2.05) is 6.07 Å². The predicted molar refractivity (Wildman–Crippen MR) is 114 cm³/mol. The largest absolute Gasteiger partial charge is 0.416 e. The van der Waals surface area contributed by atoms with E-state index in [9.17, 15) is 31.6 Å². The van der Waals surface area contributed by atoms with E-state index in [-0.39, 0.29) is 43.0 Å². The molecule has 0 unspecified atom stereocenters. The summed E-state index contributed by atoms with van der Waals surface area (Å²) < 4.78 is 65.4. The summed E-state index contributed by atoms with van der Waals surface area (Å²) >= 11 is 0. The number of rotatable bonds is 4. The Morgan fingerprint density at radius 2 is 1.70 bits per heavy atom. The van der Waals surface area contributed by atoms with Crippen LogP contribution in [-0.2, 0) is 16.4 Å². The first-order chi connectivity index (χ1) is 15.4. The molecule has 0 aliphatic carbocycles. The van der Waals surface area contributed by atoms with Crippen LogP contribution in [0.1, 0.15) is 27.2 Å². The minimum Gasteiger partial charge on any atom is -0.336 e. The molecule has 0 saturated carbocycles. The van der Waals surface area contributed by atoms with E-state index in [0.717, 1.165) is 16.4 Å². The van der Waals surface area contributed by atoms with Gasteiger partial charge in [0.25, 0.3) is 16.1 Å². The fourth-order valence-corrected chi connectivity index (χ4v) is 4.55. The molecule has 1 aromatic heterocycles. The summed E-state index contributed by atoms with van der Waals surface area (Å²) in [6.45, 7) is 2.19. The molecule has 0 N–H and O–H groups in total. The average Bonchev–Trinajstić information content (AvgIpc) is 2.78. The number of nitriles is 1. The lowest BCUT2D eigenvalue weighted by molar-refractivity contribution is -0.137. The first-order valence-corrected chi connectivity index (χ1v) is 11.3. The molecule has 12 heteroatoms. The van der Waals surface area contributed by atoms with E-state index >= 15 is 0 Å². The predicted octanol–water partition coefficient (Wildman–Crippen LogP) is 2.51. The quantitative estimate of drug-likeness (QED) is 0.669. The van der Waals surface area contributed by atoms with Crippen LogP contribution in [0.2, 0.25) is 0 Å². The highest BCUT2D eigenvalue weighted by Gasteiger charge is 2.32. The van der Waals surface area contributed by atoms with E-state index in [1.165, 1.54) is 41.5 Å². The van der Waals surface area contributed by atoms with Crippen LogP contribution in [0.5, 0.6) is 0 Å². The highest BCUT2D eigenvalue weighted by atomic mass is 32.2. The van der Waals surface area contributed by atoms with E-state index in [1.54, 1.807) is 6.92 Å². The molecule has 8 nitrogen and oxygen atoms in total. The van der Waals surface area contributed by atoms with Crippen LogP contribution >= 0.6 is 0 Å². The number of aromatic nitrogens is 1. The van der Waals surface area contributed by atoms with Gasteiger partial charge in [-0.05, 0) is 25.1 Å². The van der Waals surface area contributed by atoms with Crippen molar-refractivity contribution in [3.8, 4) is 17.3 Å². The smallest absolute Gasteiger partial charge is 0.336 e. The lowest BCUT2D eigenvalue weighted by atomic mass is 10.0. The van der Waals surface area contributed by atoms with E-state index in [0.29, 0.717) is 11.3 Å². The Morgan fingerprint density at radius 1 is 1.12 bits per heavy atom. The Labute approximate surface area is 190 Å². The van der Waals surface area contributed by atoms with Gasteiger partial charge in [0.05, 0.1) is 28.1 Å². The number of amides is 1. The molecule has 3 rings (SSSR count). The lowest BCUT2D eigenvalue weighted by Gasteiger charge is -2.35. The highest BCUT2D eigenvalue weighted by molar-refractivity contribution is 7.86. The Bertz CT molecular complexity index is 1200. The zero-order chi connectivity index (χ0) is 24.6. The van der Waals surface area contributed by atoms with Gasteiger partial charge in [-0.2, -0.15) is 35.5 Å². The van der Waals surface area contributed by atoms with Gasteiger partial charge in [0.15, 0.2) is 0 Å². The van der Waals surface area contributed by atoms with E-state index in [4.69, 9.17) is 0 Å². The summed E-state index contributed by atoms with van der Waals surface area (Å²) in [4.78, 5) is 18.9. The molecule has 1 fully saturated rings. The molecule has 1 aliphatic rings. The summed E-state index contributed by atoms with van der Waals surface area (Å²) in [6, 6.07) is 7.62. The lowest BCUT2D eigenvalue weighted by Crippen LogP contribution is -2.53. The number of benzene rings is 1. The molecule has 0 spiro atoms. The van der Waals surface area contributed by atoms with Crippen molar-refractivity contribution in [3.63, 3.8) is 0 Å². The second-order valence-electron chi connectivity index (χ2n) is 7.69. The van der Waals surface area contributed by atoms with Crippen LogP contribution in [-0.4, -0.2) is 73.1 Å². The number of aryl methyl sites for hydroxylation is 1. The van der Waals surface area contributed by atoms with Crippen molar-refractivity contribution in [2.75, 3.05) is 40.3 Å². The molecular weight excluding hydrogens is 459 g/mol. The van der Waals surface area contributed by atoms with Crippen LogP contribution in [0.3, 0.4) is 0 Å². The highest BCUT2D eigenvalue weighted by Crippen LogP contribution is 2.32. The molecule has 0 bridgehead atoms. The van der Waals surface area contributed by atoms with Gasteiger partial charge in [0, 0.05) is 45.8 Å². The Balaban J connectivity index is 1.84. The van der Waals surface area contributed by atoms with Crippen LogP contribution in [0.4, 0.5) is 13.2 Å². The van der Waals surface area contributed by atoms with Crippen LogP contribution in [0.25, 0.3) is 11.3 Å². The maximum absolute atomic E-state index is 13.1. The number of hydrogen-bond acceptors (Lipinski definition) is 5. The molecule has 1 amide bonds. The summed E-state index contributed by atoms with van der Waals surface area (Å²) in [6.07, 6.45) is -4.48. The van der Waals surface area contributed by atoms with Crippen molar-refractivity contribution in [2.24, 2.45) is 0 Å². The van der Waals surface area contributed by atoms with Gasteiger partial charge in [-0.15, -0.1) is 0 Å². The van der Waals surface area contributed by atoms with Gasteiger partial charge in [-0.25, -0.2) is 0 Å². The SMILES string of the molecule is Cc1nc(-c2ccc(C(F)(F)F)cc2)c(C#N)cc1C(=O)N1CCN(S(=O)(=O)N(C)C)CC1. The monoisotopic (exact) mass is 481 g/mol. The van der Waals surface area contributed by atoms with Crippen molar-refractivity contribution in [1.29, 1.82) is 5.26 Å². The summed E-state index contributed by atoms with van der Waals surface area (Å²) in [5.74, 6) is -0.391. The third-order valence-corrected chi connectivity index (χ3v) is 7.30. The van der Waals surface area contributed by atoms with Gasteiger partial charge in [-0.1, -0.05) is 12.1 Å². The van der Waals surface area contributed by atoms with Crippen molar-refractivity contribution >= 4 is 16.1 Å². The van der Waals surface area contributed by atoms with Crippen molar-refractivity contribution < 1.29 is 26.4 Å². The number of alkyl halides is 3. The first kappa shape index (κ1) is 24.6. The van der Waals surface area contributed by atoms with E-state index in [2.05, 4.69) is 4.98 Å². The van der Waals surface area contributed by atoms with Crippen molar-refractivity contribution in [2.45, 2.75) is 13.1 Å². The van der Waals surface area contributed by atoms with E-state index < -0.39 is 27.9 Å². The summed E-state index contributed by atoms with van der Waals surface area (Å²) in [7, 11) is -0.710. The number of pyridine rings is 1. The molecule has 0 radical (unpaired) electrons. The molecule has 33 heavy (non-hydrogen) atoms. The van der Waals surface area contributed by atoms with Crippen molar-refractivity contribution in [1.82, 2.24) is 18.5 Å². The van der Waals surface area contributed by atoms with Crippen LogP contribution in [0.15, 0.2) is 30.3 Å². The number of piperazine rings is 1. The molecule has 2 heterocycles. The Morgan fingerprint density at radius 3 is 2.18 bits per heavy atom. The standard InChI is InChI=1S/C21H22F3N5O3S/c1-14-18(20(30)28-8-10-29(11-9-28)33(31,32)27(2)3)12-16(13-25)19(26-14)15-4-6-17(7-5-15)21(22,23)24/h4-7,12H,8-11H2,1-3H3. The Hall–Kier alpha value is -3.01. The zero-order valence-electron chi connectivity index (χ0n) is 18.2. The van der Waals surface area contributed by atoms with Gasteiger partial charge in [-0.3, -0.25) is 9.78 Å². The third-order valence-electron chi connectivity index (χ3n) is 5.36. The molecule has 1 aliphatic heterocycles. The molecule has 2 aromatic rings. The molecule has 1 saturated heterocycles. The fourth-order valence-electron chi connectivity index (χ4n) is 3.47. The second kappa shape index (κ2) is 9.09. The zero-order valence-corrected chi connectivity index (χ0v) is 19.0. The second-order valence-corrected chi connectivity index (χ2v) is 9.83. The van der Waals surface area contributed by atoms with Crippen LogP contribution < -0.4 is 0 Å². The number of nitrogens with zero attached hydrogens (tertiary/aromatic N) is 5. The number of carbonyl (C=O) groups is 1. The minimum absolute atomic E-state index is 0.0533. The summed E-state index contributed by atoms with van der Waals surface area (Å²) in [5.41, 5.74) is 0.246. The molecule has 1 aromatic carbocycles. The van der Waals surface area contributed by atoms with Gasteiger partial charge < -0.3 is 4.90 Å². The minimum atomic E-state index is -4.48.